The number of carbonyl (C=O) groups excluding carboxylic acids is 1. The standard InChI is InChI=1S/C20H26FNO5/c1-12(2)17-11-19(25)22(14-5-3-13(21)4-6-14)18(17)8-7-15(23)9-16(24)10-20(26)27/h3-8,12,15-18,23-24H,9-11H2,1-2H3,(H,26,27)/t15-,16-,17-,18-/m1/s1. The molecule has 0 aliphatic carbocycles. The van der Waals surface area contributed by atoms with Crippen molar-refractivity contribution in [3.63, 3.8) is 0 Å². The minimum Gasteiger partial charge on any atom is -0.481 e. The van der Waals surface area contributed by atoms with Crippen molar-refractivity contribution in [3.05, 3.63) is 42.2 Å². The van der Waals surface area contributed by atoms with E-state index in [4.69, 9.17) is 5.11 Å². The first-order valence-electron chi connectivity index (χ1n) is 9.03. The van der Waals surface area contributed by atoms with Gasteiger partial charge in [-0.2, -0.15) is 0 Å². The molecule has 27 heavy (non-hydrogen) atoms. The molecule has 148 valence electrons. The maximum atomic E-state index is 13.2. The molecule has 7 heteroatoms. The van der Waals surface area contributed by atoms with Crippen LogP contribution in [0.5, 0.6) is 0 Å². The molecule has 4 atom stereocenters. The minimum atomic E-state index is -1.15. The Morgan fingerprint density at radius 2 is 1.93 bits per heavy atom. The fourth-order valence-corrected chi connectivity index (χ4v) is 3.44. The second-order valence-corrected chi connectivity index (χ2v) is 7.28. The highest BCUT2D eigenvalue weighted by molar-refractivity contribution is 5.97. The maximum Gasteiger partial charge on any atom is 0.305 e. The van der Waals surface area contributed by atoms with E-state index in [1.54, 1.807) is 23.1 Å². The maximum absolute atomic E-state index is 13.2. The minimum absolute atomic E-state index is 0.0231. The topological polar surface area (TPSA) is 98.1 Å². The Hall–Kier alpha value is -2.25. The van der Waals surface area contributed by atoms with E-state index in [1.807, 2.05) is 13.8 Å². The third kappa shape index (κ3) is 5.61. The van der Waals surface area contributed by atoms with Crippen molar-refractivity contribution in [1.29, 1.82) is 0 Å². The quantitative estimate of drug-likeness (QED) is 0.602. The summed E-state index contributed by atoms with van der Waals surface area (Å²) >= 11 is 0. The summed E-state index contributed by atoms with van der Waals surface area (Å²) in [6, 6.07) is 5.37. The molecule has 0 saturated carbocycles. The van der Waals surface area contributed by atoms with E-state index in [1.165, 1.54) is 18.2 Å². The van der Waals surface area contributed by atoms with Crippen LogP contribution in [0.1, 0.15) is 33.1 Å². The number of halogens is 1. The van der Waals surface area contributed by atoms with Crippen LogP contribution in [0, 0.1) is 17.7 Å². The van der Waals surface area contributed by atoms with Crippen LogP contribution in [0.3, 0.4) is 0 Å². The molecule has 3 N–H and O–H groups in total. The number of carboxylic acid groups (broad SMARTS) is 1. The summed E-state index contributed by atoms with van der Waals surface area (Å²) in [5.41, 5.74) is 0.583. The number of aliphatic carboxylic acids is 1. The molecule has 1 aliphatic rings. The highest BCUT2D eigenvalue weighted by Crippen LogP contribution is 2.36. The number of carboxylic acids is 1. The largest absolute Gasteiger partial charge is 0.481 e. The summed E-state index contributed by atoms with van der Waals surface area (Å²) in [7, 11) is 0. The zero-order chi connectivity index (χ0) is 20.1. The number of rotatable bonds is 8. The lowest BCUT2D eigenvalue weighted by atomic mass is 9.88. The summed E-state index contributed by atoms with van der Waals surface area (Å²) in [6.07, 6.45) is 0.827. The third-order valence-electron chi connectivity index (χ3n) is 4.83. The molecule has 1 fully saturated rings. The van der Waals surface area contributed by atoms with E-state index >= 15 is 0 Å². The molecular formula is C20H26FNO5. The van der Waals surface area contributed by atoms with E-state index in [0.717, 1.165) is 0 Å². The Morgan fingerprint density at radius 3 is 2.48 bits per heavy atom. The summed E-state index contributed by atoms with van der Waals surface area (Å²) in [5.74, 6) is -1.36. The van der Waals surface area contributed by atoms with Crippen LogP contribution >= 0.6 is 0 Å². The van der Waals surface area contributed by atoms with Gasteiger partial charge in [0.05, 0.1) is 24.7 Å². The monoisotopic (exact) mass is 379 g/mol. The SMILES string of the molecule is CC(C)[C@H]1CC(=O)N(c2ccc(F)cc2)[C@@H]1C=C[C@@H](O)C[C@@H](O)CC(=O)O. The fourth-order valence-electron chi connectivity index (χ4n) is 3.44. The van der Waals surface area contributed by atoms with Gasteiger partial charge in [-0.15, -0.1) is 0 Å². The second kappa shape index (κ2) is 9.10. The number of aliphatic hydroxyl groups excluding tert-OH is 2. The number of hydrogen-bond acceptors (Lipinski definition) is 4. The molecule has 1 aliphatic heterocycles. The van der Waals surface area contributed by atoms with Crippen molar-refractivity contribution >= 4 is 17.6 Å². The Morgan fingerprint density at radius 1 is 1.30 bits per heavy atom. The van der Waals surface area contributed by atoms with Crippen LogP contribution in [-0.4, -0.2) is 45.4 Å². The van der Waals surface area contributed by atoms with Gasteiger partial charge in [0, 0.05) is 18.5 Å². The lowest BCUT2D eigenvalue weighted by Crippen LogP contribution is -2.35. The zero-order valence-electron chi connectivity index (χ0n) is 15.5. The van der Waals surface area contributed by atoms with Crippen LogP contribution in [-0.2, 0) is 9.59 Å². The fraction of sp³-hybridized carbons (Fsp3) is 0.500. The molecule has 1 saturated heterocycles. The number of hydrogen-bond donors (Lipinski definition) is 3. The first-order chi connectivity index (χ1) is 12.7. The van der Waals surface area contributed by atoms with Gasteiger partial charge in [-0.1, -0.05) is 26.0 Å². The second-order valence-electron chi connectivity index (χ2n) is 7.28. The van der Waals surface area contributed by atoms with Crippen LogP contribution in [0.25, 0.3) is 0 Å². The van der Waals surface area contributed by atoms with Gasteiger partial charge < -0.3 is 20.2 Å². The van der Waals surface area contributed by atoms with Crippen molar-refractivity contribution in [2.45, 2.75) is 51.4 Å². The van der Waals surface area contributed by atoms with Crippen molar-refractivity contribution in [3.8, 4) is 0 Å². The molecule has 6 nitrogen and oxygen atoms in total. The van der Waals surface area contributed by atoms with Gasteiger partial charge in [0.1, 0.15) is 5.82 Å². The number of aliphatic hydroxyl groups is 2. The number of benzene rings is 1. The molecule has 1 aromatic rings. The number of amides is 1. The molecule has 1 heterocycles. The number of anilines is 1. The summed E-state index contributed by atoms with van der Waals surface area (Å²) in [4.78, 5) is 24.8. The predicted molar refractivity (Wildman–Crippen MR) is 98.6 cm³/mol. The van der Waals surface area contributed by atoms with E-state index < -0.39 is 24.6 Å². The average Bonchev–Trinajstić information content (AvgIpc) is 2.89. The smallest absolute Gasteiger partial charge is 0.305 e. The van der Waals surface area contributed by atoms with E-state index in [-0.39, 0.29) is 36.0 Å². The molecule has 1 aromatic carbocycles. The molecule has 0 bridgehead atoms. The van der Waals surface area contributed by atoms with Crippen LogP contribution in [0.4, 0.5) is 10.1 Å². The Bertz CT molecular complexity index is 688. The molecular weight excluding hydrogens is 353 g/mol. The van der Waals surface area contributed by atoms with Crippen LogP contribution in [0.15, 0.2) is 36.4 Å². The van der Waals surface area contributed by atoms with E-state index in [0.29, 0.717) is 12.1 Å². The molecule has 0 aromatic heterocycles. The van der Waals surface area contributed by atoms with Crippen LogP contribution < -0.4 is 4.90 Å². The Balaban J connectivity index is 2.18. The normalized spacial score (nSPS) is 22.6. The molecule has 2 rings (SSSR count). The molecule has 1 amide bonds. The molecule has 0 spiro atoms. The highest BCUT2D eigenvalue weighted by Gasteiger charge is 2.40. The highest BCUT2D eigenvalue weighted by atomic mass is 19.1. The van der Waals surface area contributed by atoms with Gasteiger partial charge >= 0.3 is 5.97 Å². The van der Waals surface area contributed by atoms with E-state index in [9.17, 15) is 24.2 Å². The lowest BCUT2D eigenvalue weighted by molar-refractivity contribution is -0.139. The molecule has 0 unspecified atom stereocenters. The summed E-state index contributed by atoms with van der Waals surface area (Å²) in [5, 5.41) is 28.4. The van der Waals surface area contributed by atoms with Gasteiger partial charge in [0.25, 0.3) is 0 Å². The lowest BCUT2D eigenvalue weighted by Gasteiger charge is -2.28. The number of nitrogens with zero attached hydrogens (tertiary/aromatic N) is 1. The van der Waals surface area contributed by atoms with Crippen LogP contribution in [0.2, 0.25) is 0 Å². The number of carbonyl (C=O) groups is 2. The third-order valence-corrected chi connectivity index (χ3v) is 4.83. The first kappa shape index (κ1) is 21.1. The summed E-state index contributed by atoms with van der Waals surface area (Å²) in [6.45, 7) is 4.03. The summed E-state index contributed by atoms with van der Waals surface area (Å²) < 4.78 is 13.2. The zero-order valence-corrected chi connectivity index (χ0v) is 15.5. The van der Waals surface area contributed by atoms with Crippen molar-refractivity contribution in [2.75, 3.05) is 4.90 Å². The van der Waals surface area contributed by atoms with Gasteiger partial charge in [-0.25, -0.2) is 4.39 Å². The van der Waals surface area contributed by atoms with Crippen molar-refractivity contribution in [1.82, 2.24) is 0 Å². The van der Waals surface area contributed by atoms with Gasteiger partial charge in [-0.05, 0) is 36.1 Å². The van der Waals surface area contributed by atoms with E-state index in [2.05, 4.69) is 0 Å². The van der Waals surface area contributed by atoms with Gasteiger partial charge in [0.15, 0.2) is 0 Å². The average molecular weight is 379 g/mol. The molecule has 0 radical (unpaired) electrons. The first-order valence-corrected chi connectivity index (χ1v) is 9.03. The predicted octanol–water partition coefficient (Wildman–Crippen LogP) is 2.35. The van der Waals surface area contributed by atoms with Gasteiger partial charge in [0.2, 0.25) is 5.91 Å². The van der Waals surface area contributed by atoms with Crippen molar-refractivity contribution in [2.24, 2.45) is 11.8 Å². The van der Waals surface area contributed by atoms with Crippen molar-refractivity contribution < 1.29 is 29.3 Å². The van der Waals surface area contributed by atoms with Gasteiger partial charge in [-0.3, -0.25) is 9.59 Å². The Kier molecular flexibility index (Phi) is 7.10. The Labute approximate surface area is 157 Å².